The van der Waals surface area contributed by atoms with Crippen molar-refractivity contribution < 1.29 is 41.7 Å². The highest BCUT2D eigenvalue weighted by atomic mass is 32.2. The molecule has 0 saturated carbocycles. The summed E-state index contributed by atoms with van der Waals surface area (Å²) in [5.74, 6) is -0.0639. The van der Waals surface area contributed by atoms with E-state index in [9.17, 15) is 27.5 Å². The summed E-state index contributed by atoms with van der Waals surface area (Å²) in [6.07, 6.45) is -7.12. The predicted octanol–water partition coefficient (Wildman–Crippen LogP) is 5.82. The van der Waals surface area contributed by atoms with Gasteiger partial charge in [-0.05, 0) is 58.4 Å². The number of hydrogen-bond donors (Lipinski definition) is 1. The van der Waals surface area contributed by atoms with Gasteiger partial charge in [-0.3, -0.25) is 4.90 Å². The molecule has 1 fully saturated rings. The SMILES string of the molecule is COCCO[C@@H]1CSc2c(-c3ccc(F)cc3)c(C(F)(F)F)cc3c2N(C1)C(O)N=C3N1C[C@@H](C)N(C(=O)OC(C)(C)C)[C@@H](C)C1. The fourth-order valence-electron chi connectivity index (χ4n) is 6.19. The van der Waals surface area contributed by atoms with Crippen LogP contribution in [0.2, 0.25) is 0 Å². The smallest absolute Gasteiger partial charge is 0.417 e. The summed E-state index contributed by atoms with van der Waals surface area (Å²) < 4.78 is 75.5. The van der Waals surface area contributed by atoms with Crippen molar-refractivity contribution in [1.82, 2.24) is 9.80 Å². The van der Waals surface area contributed by atoms with E-state index in [2.05, 4.69) is 4.99 Å². The quantitative estimate of drug-likeness (QED) is 0.315. The summed E-state index contributed by atoms with van der Waals surface area (Å²) in [6, 6.07) is 5.26. The number of amides is 1. The minimum Gasteiger partial charge on any atom is -0.444 e. The Labute approximate surface area is 270 Å². The summed E-state index contributed by atoms with van der Waals surface area (Å²) in [7, 11) is 1.54. The van der Waals surface area contributed by atoms with Crippen LogP contribution in [0.3, 0.4) is 0 Å². The molecule has 1 saturated heterocycles. The molecule has 4 atom stereocenters. The molecule has 3 aliphatic rings. The number of nitrogens with zero attached hydrogens (tertiary/aromatic N) is 4. The van der Waals surface area contributed by atoms with E-state index in [0.29, 0.717) is 22.9 Å². The Bertz CT molecular complexity index is 1450. The molecule has 0 radical (unpaired) electrons. The largest absolute Gasteiger partial charge is 0.444 e. The van der Waals surface area contributed by atoms with Gasteiger partial charge >= 0.3 is 12.3 Å². The lowest BCUT2D eigenvalue weighted by molar-refractivity contribution is -0.137. The first-order chi connectivity index (χ1) is 21.6. The monoisotopic (exact) mass is 668 g/mol. The topological polar surface area (TPSA) is 87.1 Å². The second-order valence-corrected chi connectivity index (χ2v) is 13.8. The van der Waals surface area contributed by atoms with Crippen LogP contribution in [0.4, 0.5) is 28.0 Å². The maximum Gasteiger partial charge on any atom is 0.417 e. The number of aliphatic imine (C=N–C) groups is 1. The third kappa shape index (κ3) is 7.09. The Morgan fingerprint density at radius 1 is 1.07 bits per heavy atom. The zero-order valence-corrected chi connectivity index (χ0v) is 27.5. The molecule has 0 aromatic heterocycles. The maximum absolute atomic E-state index is 14.9. The lowest BCUT2D eigenvalue weighted by Gasteiger charge is -2.47. The molecular weight excluding hydrogens is 628 g/mol. The Morgan fingerprint density at radius 2 is 1.72 bits per heavy atom. The number of rotatable bonds is 5. The first-order valence-electron chi connectivity index (χ1n) is 15.2. The normalized spacial score (nSPS) is 23.5. The number of methoxy groups -OCH3 is 1. The zero-order valence-electron chi connectivity index (χ0n) is 26.7. The van der Waals surface area contributed by atoms with Crippen molar-refractivity contribution in [2.24, 2.45) is 4.99 Å². The van der Waals surface area contributed by atoms with E-state index in [0.717, 1.165) is 18.2 Å². The van der Waals surface area contributed by atoms with E-state index in [1.165, 1.54) is 23.9 Å². The van der Waals surface area contributed by atoms with Crippen LogP contribution in [0, 0.1) is 5.82 Å². The third-order valence-electron chi connectivity index (χ3n) is 8.02. The molecule has 5 rings (SSSR count). The highest BCUT2D eigenvalue weighted by Gasteiger charge is 2.44. The summed E-state index contributed by atoms with van der Waals surface area (Å²) in [4.78, 5) is 22.9. The van der Waals surface area contributed by atoms with Gasteiger partial charge in [-0.25, -0.2) is 14.2 Å². The summed E-state index contributed by atoms with van der Waals surface area (Å²) in [5, 5.41) is 11.5. The summed E-state index contributed by atoms with van der Waals surface area (Å²) >= 11 is 1.20. The first-order valence-corrected chi connectivity index (χ1v) is 16.1. The molecule has 2 aromatic rings. The number of ether oxygens (including phenoxy) is 3. The second-order valence-electron chi connectivity index (χ2n) is 12.8. The highest BCUT2D eigenvalue weighted by Crippen LogP contribution is 2.51. The molecule has 2 aromatic carbocycles. The Balaban J connectivity index is 1.63. The van der Waals surface area contributed by atoms with Crippen LogP contribution in [-0.4, -0.2) is 103 Å². The van der Waals surface area contributed by atoms with Crippen LogP contribution in [0.5, 0.6) is 0 Å². The van der Waals surface area contributed by atoms with Crippen molar-refractivity contribution >= 4 is 29.4 Å². The van der Waals surface area contributed by atoms with E-state index < -0.39 is 41.7 Å². The van der Waals surface area contributed by atoms with E-state index >= 15 is 0 Å². The van der Waals surface area contributed by atoms with E-state index in [1.807, 2.05) is 18.7 Å². The Morgan fingerprint density at radius 3 is 2.30 bits per heavy atom. The van der Waals surface area contributed by atoms with Crippen LogP contribution in [0.15, 0.2) is 40.2 Å². The Hall–Kier alpha value is -3.07. The maximum atomic E-state index is 14.9. The lowest BCUT2D eigenvalue weighted by atomic mass is 9.93. The predicted molar refractivity (Wildman–Crippen MR) is 168 cm³/mol. The van der Waals surface area contributed by atoms with Crippen LogP contribution < -0.4 is 4.90 Å². The number of amidine groups is 1. The number of anilines is 1. The van der Waals surface area contributed by atoms with E-state index in [1.54, 1.807) is 37.7 Å². The van der Waals surface area contributed by atoms with Crippen molar-refractivity contribution in [2.45, 2.75) is 75.8 Å². The average molecular weight is 669 g/mol. The molecule has 3 aliphatic heterocycles. The average Bonchev–Trinajstić information content (AvgIpc) is 3.14. The summed E-state index contributed by atoms with van der Waals surface area (Å²) in [6.45, 7) is 10.3. The second kappa shape index (κ2) is 13.2. The van der Waals surface area contributed by atoms with Crippen molar-refractivity contribution in [3.63, 3.8) is 0 Å². The first kappa shape index (κ1) is 34.3. The molecule has 14 heteroatoms. The number of benzene rings is 2. The van der Waals surface area contributed by atoms with Crippen molar-refractivity contribution in [1.29, 1.82) is 0 Å². The standard InChI is InChI=1S/C32H40F4N4O5S/c1-18-14-38(15-19(2)40(18)30(42)45-31(3,4)5)28-23-13-24(32(34,35)36)25(20-7-9-21(33)10-8-20)27-26(23)39(29(41)37-28)16-22(17-46-27)44-12-11-43-6/h7-10,13,18-19,22,29,41H,11-12,14-17H2,1-6H3/t18-,19+,22-,29?/m0/s1. The molecule has 0 bridgehead atoms. The number of aliphatic hydroxyl groups excluding tert-OH is 1. The number of thioether (sulfide) groups is 1. The van der Waals surface area contributed by atoms with Crippen molar-refractivity contribution in [3.05, 3.63) is 47.3 Å². The molecule has 1 unspecified atom stereocenters. The molecule has 9 nitrogen and oxygen atoms in total. The minimum absolute atomic E-state index is 0.0938. The van der Waals surface area contributed by atoms with Gasteiger partial charge < -0.3 is 29.1 Å². The van der Waals surface area contributed by atoms with Crippen molar-refractivity contribution in [2.75, 3.05) is 50.6 Å². The molecule has 46 heavy (non-hydrogen) atoms. The number of carbonyl (C=O) groups is 1. The zero-order chi connectivity index (χ0) is 33.6. The van der Waals surface area contributed by atoms with Crippen LogP contribution >= 0.6 is 11.8 Å². The Kier molecular flexibility index (Phi) is 9.84. The third-order valence-corrected chi connectivity index (χ3v) is 9.24. The molecule has 0 aliphatic carbocycles. The van der Waals surface area contributed by atoms with Gasteiger partial charge in [-0.1, -0.05) is 12.1 Å². The van der Waals surface area contributed by atoms with E-state index in [4.69, 9.17) is 14.2 Å². The molecule has 1 N–H and O–H groups in total. The number of halogens is 4. The minimum atomic E-state index is -4.77. The van der Waals surface area contributed by atoms with Gasteiger partial charge in [-0.15, -0.1) is 11.8 Å². The molecule has 1 amide bonds. The lowest BCUT2D eigenvalue weighted by Crippen LogP contribution is -2.61. The van der Waals surface area contributed by atoms with Crippen LogP contribution in [-0.2, 0) is 20.4 Å². The molecular formula is C32H40F4N4O5S. The number of carbonyl (C=O) groups excluding carboxylic acids is 1. The van der Waals surface area contributed by atoms with E-state index in [-0.39, 0.29) is 60.9 Å². The summed E-state index contributed by atoms with van der Waals surface area (Å²) in [5.41, 5.74) is -0.865. The number of aliphatic hydroxyl groups is 1. The molecule has 252 valence electrons. The fourth-order valence-corrected chi connectivity index (χ4v) is 7.48. The number of piperazine rings is 1. The fraction of sp³-hybridized carbons (Fsp3) is 0.562. The van der Waals surface area contributed by atoms with Gasteiger partial charge in [0, 0.05) is 48.5 Å². The van der Waals surface area contributed by atoms with Gasteiger partial charge in [0.15, 0.2) is 0 Å². The van der Waals surface area contributed by atoms with Gasteiger partial charge in [-0.2, -0.15) is 13.2 Å². The van der Waals surface area contributed by atoms with Crippen LogP contribution in [0.1, 0.15) is 45.7 Å². The van der Waals surface area contributed by atoms with Gasteiger partial charge in [0.25, 0.3) is 0 Å². The highest BCUT2D eigenvalue weighted by molar-refractivity contribution is 7.99. The van der Waals surface area contributed by atoms with Gasteiger partial charge in [0.05, 0.1) is 42.7 Å². The van der Waals surface area contributed by atoms with Gasteiger partial charge in [0.1, 0.15) is 17.3 Å². The number of alkyl halides is 3. The van der Waals surface area contributed by atoms with Gasteiger partial charge in [0.2, 0.25) is 6.35 Å². The number of hydrogen-bond acceptors (Lipinski definition) is 9. The molecule has 0 spiro atoms. The van der Waals surface area contributed by atoms with Crippen molar-refractivity contribution in [3.8, 4) is 11.1 Å². The molecule has 3 heterocycles. The van der Waals surface area contributed by atoms with Crippen LogP contribution in [0.25, 0.3) is 11.1 Å².